The molecule has 28 heavy (non-hydrogen) atoms. The SMILES string of the molecule is COc1cccc(NC(=O)CC(=O)Nc2ccc(N3CCC(C)CC3)cc2)c1. The van der Waals surface area contributed by atoms with Crippen LogP contribution in [0.5, 0.6) is 5.75 Å². The number of hydrogen-bond donors (Lipinski definition) is 2. The summed E-state index contributed by atoms with van der Waals surface area (Å²) in [7, 11) is 1.56. The molecule has 2 amide bonds. The van der Waals surface area contributed by atoms with E-state index in [1.807, 2.05) is 24.3 Å². The molecule has 0 bridgehead atoms. The minimum atomic E-state index is -0.371. The van der Waals surface area contributed by atoms with E-state index in [1.54, 1.807) is 31.4 Å². The van der Waals surface area contributed by atoms with E-state index >= 15 is 0 Å². The molecule has 0 radical (unpaired) electrons. The van der Waals surface area contributed by atoms with Crippen LogP contribution in [0.3, 0.4) is 0 Å². The summed E-state index contributed by atoms with van der Waals surface area (Å²) in [6.07, 6.45) is 2.17. The molecule has 0 saturated carbocycles. The molecule has 2 aromatic carbocycles. The second-order valence-electron chi connectivity index (χ2n) is 7.22. The van der Waals surface area contributed by atoms with Gasteiger partial charge in [0, 0.05) is 36.2 Å². The van der Waals surface area contributed by atoms with Gasteiger partial charge in [0.1, 0.15) is 12.2 Å². The minimum Gasteiger partial charge on any atom is -0.497 e. The Morgan fingerprint density at radius 2 is 1.64 bits per heavy atom. The molecule has 1 aliphatic rings. The van der Waals surface area contributed by atoms with E-state index < -0.39 is 0 Å². The first-order valence-corrected chi connectivity index (χ1v) is 9.62. The van der Waals surface area contributed by atoms with Crippen molar-refractivity contribution in [2.45, 2.75) is 26.2 Å². The van der Waals surface area contributed by atoms with Gasteiger partial charge in [-0.1, -0.05) is 13.0 Å². The smallest absolute Gasteiger partial charge is 0.233 e. The molecule has 148 valence electrons. The van der Waals surface area contributed by atoms with Gasteiger partial charge >= 0.3 is 0 Å². The van der Waals surface area contributed by atoms with Crippen LogP contribution in [0, 0.1) is 5.92 Å². The molecule has 1 saturated heterocycles. The van der Waals surface area contributed by atoms with Crippen LogP contribution in [0.2, 0.25) is 0 Å². The van der Waals surface area contributed by atoms with E-state index in [4.69, 9.17) is 4.74 Å². The number of amides is 2. The van der Waals surface area contributed by atoms with Gasteiger partial charge in [0.15, 0.2) is 0 Å². The van der Waals surface area contributed by atoms with Crippen molar-refractivity contribution in [1.29, 1.82) is 0 Å². The third kappa shape index (κ3) is 5.49. The molecule has 2 N–H and O–H groups in total. The van der Waals surface area contributed by atoms with Crippen LogP contribution in [-0.2, 0) is 9.59 Å². The van der Waals surface area contributed by atoms with Gasteiger partial charge in [-0.25, -0.2) is 0 Å². The molecule has 3 rings (SSSR count). The first-order chi connectivity index (χ1) is 13.5. The highest BCUT2D eigenvalue weighted by molar-refractivity contribution is 6.08. The molecule has 2 aromatic rings. The molecular formula is C22H27N3O3. The molecular weight excluding hydrogens is 354 g/mol. The van der Waals surface area contributed by atoms with Crippen molar-refractivity contribution in [1.82, 2.24) is 0 Å². The van der Waals surface area contributed by atoms with Crippen LogP contribution >= 0.6 is 0 Å². The Balaban J connectivity index is 1.49. The van der Waals surface area contributed by atoms with Crippen LogP contribution < -0.4 is 20.3 Å². The number of ether oxygens (including phenoxy) is 1. The fraction of sp³-hybridized carbons (Fsp3) is 0.364. The summed E-state index contributed by atoms with van der Waals surface area (Å²) in [5.74, 6) is 0.716. The Kier molecular flexibility index (Phi) is 6.53. The van der Waals surface area contributed by atoms with Gasteiger partial charge in [0.25, 0.3) is 0 Å². The largest absolute Gasteiger partial charge is 0.497 e. The van der Waals surface area contributed by atoms with Crippen molar-refractivity contribution >= 4 is 28.9 Å². The number of carbonyl (C=O) groups excluding carboxylic acids is 2. The molecule has 1 fully saturated rings. The van der Waals surface area contributed by atoms with Gasteiger partial charge < -0.3 is 20.3 Å². The fourth-order valence-electron chi connectivity index (χ4n) is 3.28. The van der Waals surface area contributed by atoms with Gasteiger partial charge in [-0.3, -0.25) is 9.59 Å². The maximum absolute atomic E-state index is 12.2. The van der Waals surface area contributed by atoms with E-state index in [1.165, 1.54) is 18.5 Å². The second-order valence-corrected chi connectivity index (χ2v) is 7.22. The summed E-state index contributed by atoms with van der Waals surface area (Å²) in [6, 6.07) is 14.8. The van der Waals surface area contributed by atoms with Crippen molar-refractivity contribution in [3.63, 3.8) is 0 Å². The van der Waals surface area contributed by atoms with Crippen LogP contribution in [0.4, 0.5) is 17.1 Å². The van der Waals surface area contributed by atoms with Crippen LogP contribution in [0.1, 0.15) is 26.2 Å². The van der Waals surface area contributed by atoms with Crippen LogP contribution in [0.15, 0.2) is 48.5 Å². The lowest BCUT2D eigenvalue weighted by Crippen LogP contribution is -2.32. The van der Waals surface area contributed by atoms with Gasteiger partial charge in [-0.05, 0) is 55.2 Å². The molecule has 1 aliphatic heterocycles. The highest BCUT2D eigenvalue weighted by Crippen LogP contribution is 2.24. The van der Waals surface area contributed by atoms with Gasteiger partial charge in [0.05, 0.1) is 7.11 Å². The van der Waals surface area contributed by atoms with Crippen LogP contribution in [-0.4, -0.2) is 32.0 Å². The first-order valence-electron chi connectivity index (χ1n) is 9.62. The number of nitrogens with zero attached hydrogens (tertiary/aromatic N) is 1. The van der Waals surface area contributed by atoms with Crippen LogP contribution in [0.25, 0.3) is 0 Å². The Morgan fingerprint density at radius 3 is 2.29 bits per heavy atom. The second kappa shape index (κ2) is 9.26. The minimum absolute atomic E-state index is 0.247. The summed E-state index contributed by atoms with van der Waals surface area (Å²) in [4.78, 5) is 26.6. The van der Waals surface area contributed by atoms with Crippen molar-refractivity contribution in [2.75, 3.05) is 35.7 Å². The lowest BCUT2D eigenvalue weighted by molar-refractivity contribution is -0.123. The highest BCUT2D eigenvalue weighted by Gasteiger charge is 2.16. The van der Waals surface area contributed by atoms with Crippen molar-refractivity contribution < 1.29 is 14.3 Å². The van der Waals surface area contributed by atoms with E-state index in [0.29, 0.717) is 17.1 Å². The Morgan fingerprint density at radius 1 is 1.00 bits per heavy atom. The van der Waals surface area contributed by atoms with E-state index in [9.17, 15) is 9.59 Å². The number of nitrogens with one attached hydrogen (secondary N) is 2. The van der Waals surface area contributed by atoms with Gasteiger partial charge in [-0.15, -0.1) is 0 Å². The summed E-state index contributed by atoms with van der Waals surface area (Å²) in [5.41, 5.74) is 2.45. The molecule has 6 heteroatoms. The maximum atomic E-state index is 12.2. The number of benzene rings is 2. The maximum Gasteiger partial charge on any atom is 0.233 e. The normalized spacial score (nSPS) is 14.4. The Bertz CT molecular complexity index is 812. The standard InChI is InChI=1S/C22H27N3O3/c1-16-10-12-25(13-11-16)19-8-6-17(7-9-19)23-21(26)15-22(27)24-18-4-3-5-20(14-18)28-2/h3-9,14,16H,10-13,15H2,1-2H3,(H,23,26)(H,24,27). The number of hydrogen-bond acceptors (Lipinski definition) is 4. The molecule has 6 nitrogen and oxygen atoms in total. The van der Waals surface area contributed by atoms with Gasteiger partial charge in [0.2, 0.25) is 11.8 Å². The number of carbonyl (C=O) groups is 2. The highest BCUT2D eigenvalue weighted by atomic mass is 16.5. The van der Waals surface area contributed by atoms with Gasteiger partial charge in [-0.2, -0.15) is 0 Å². The lowest BCUT2D eigenvalue weighted by atomic mass is 9.99. The number of methoxy groups -OCH3 is 1. The first kappa shape index (κ1) is 19.7. The molecule has 0 aromatic heterocycles. The monoisotopic (exact) mass is 381 g/mol. The average molecular weight is 381 g/mol. The third-order valence-electron chi connectivity index (χ3n) is 4.97. The molecule has 0 atom stereocenters. The molecule has 0 unspecified atom stereocenters. The summed E-state index contributed by atoms with van der Waals surface area (Å²) >= 11 is 0. The lowest BCUT2D eigenvalue weighted by Gasteiger charge is -2.32. The Hall–Kier alpha value is -3.02. The number of rotatable bonds is 6. The third-order valence-corrected chi connectivity index (χ3v) is 4.97. The zero-order chi connectivity index (χ0) is 19.9. The summed E-state index contributed by atoms with van der Waals surface area (Å²) < 4.78 is 5.12. The summed E-state index contributed by atoms with van der Waals surface area (Å²) in [6.45, 7) is 4.43. The van der Waals surface area contributed by atoms with Crippen molar-refractivity contribution in [3.8, 4) is 5.75 Å². The predicted molar refractivity (Wildman–Crippen MR) is 112 cm³/mol. The fourth-order valence-corrected chi connectivity index (χ4v) is 3.28. The molecule has 0 spiro atoms. The molecule has 0 aliphatic carbocycles. The molecule has 1 heterocycles. The van der Waals surface area contributed by atoms with E-state index in [0.717, 1.165) is 19.0 Å². The van der Waals surface area contributed by atoms with Crippen molar-refractivity contribution in [3.05, 3.63) is 48.5 Å². The quantitative estimate of drug-likeness (QED) is 0.745. The number of anilines is 3. The number of piperidine rings is 1. The topological polar surface area (TPSA) is 70.7 Å². The average Bonchev–Trinajstić information content (AvgIpc) is 2.69. The van der Waals surface area contributed by atoms with Crippen molar-refractivity contribution in [2.24, 2.45) is 5.92 Å². The Labute approximate surface area is 165 Å². The zero-order valence-electron chi connectivity index (χ0n) is 16.4. The predicted octanol–water partition coefficient (Wildman–Crippen LogP) is 3.90. The van der Waals surface area contributed by atoms with E-state index in [-0.39, 0.29) is 18.2 Å². The van der Waals surface area contributed by atoms with E-state index in [2.05, 4.69) is 22.5 Å². The zero-order valence-corrected chi connectivity index (χ0v) is 16.4. The summed E-state index contributed by atoms with van der Waals surface area (Å²) in [5, 5.41) is 5.48.